The zero-order valence-corrected chi connectivity index (χ0v) is 23.8. The van der Waals surface area contributed by atoms with E-state index in [0.29, 0.717) is 31.3 Å². The number of piperidine rings is 1. The van der Waals surface area contributed by atoms with Crippen molar-refractivity contribution in [3.8, 4) is 0 Å². The van der Waals surface area contributed by atoms with Crippen LogP contribution >= 0.6 is 11.6 Å². The normalized spacial score (nSPS) is 19.8. The molecule has 0 spiro atoms. The van der Waals surface area contributed by atoms with Crippen molar-refractivity contribution in [1.82, 2.24) is 4.90 Å². The van der Waals surface area contributed by atoms with E-state index in [1.807, 2.05) is 43.9 Å². The van der Waals surface area contributed by atoms with Gasteiger partial charge in [0.15, 0.2) is 8.32 Å². The zero-order valence-electron chi connectivity index (χ0n) is 22.1. The van der Waals surface area contributed by atoms with E-state index in [2.05, 4.69) is 46.9 Å². The summed E-state index contributed by atoms with van der Waals surface area (Å²) in [6.45, 7) is 21.4. The van der Waals surface area contributed by atoms with Crippen LogP contribution in [0.5, 0.6) is 0 Å². The van der Waals surface area contributed by atoms with Gasteiger partial charge in [0.1, 0.15) is 5.60 Å². The molecule has 0 aliphatic carbocycles. The summed E-state index contributed by atoms with van der Waals surface area (Å²) in [5.41, 5.74) is -0.0846. The van der Waals surface area contributed by atoms with Crippen LogP contribution in [0.25, 0.3) is 0 Å². The van der Waals surface area contributed by atoms with Crippen LogP contribution in [0, 0.1) is 5.92 Å². The van der Waals surface area contributed by atoms with Crippen LogP contribution in [0.4, 0.5) is 4.79 Å². The summed E-state index contributed by atoms with van der Waals surface area (Å²) >= 11 is 6.35. The summed E-state index contributed by atoms with van der Waals surface area (Å²) in [6, 6.07) is 7.87. The van der Waals surface area contributed by atoms with Crippen molar-refractivity contribution in [3.05, 3.63) is 34.9 Å². The number of ether oxygens (including phenoxy) is 2. The first-order valence-electron chi connectivity index (χ1n) is 12.1. The van der Waals surface area contributed by atoms with Crippen LogP contribution in [-0.2, 0) is 19.5 Å². The van der Waals surface area contributed by atoms with E-state index in [-0.39, 0.29) is 17.0 Å². The summed E-state index contributed by atoms with van der Waals surface area (Å²) in [4.78, 5) is 14.6. The van der Waals surface area contributed by atoms with Gasteiger partial charge < -0.3 is 18.8 Å². The SMILES string of the molecule is CC(C)(C)OC(=O)N1CCCC([C@@](C)(OCCO[Si](C)(C)C(C)(C)C)c2cccc(Cl)c2)C1. The second-order valence-electron chi connectivity index (χ2n) is 11.8. The first-order valence-corrected chi connectivity index (χ1v) is 15.4. The molecule has 0 bridgehead atoms. The summed E-state index contributed by atoms with van der Waals surface area (Å²) in [6.07, 6.45) is 1.61. The molecule has 2 rings (SSSR count). The predicted molar refractivity (Wildman–Crippen MR) is 138 cm³/mol. The average molecular weight is 498 g/mol. The summed E-state index contributed by atoms with van der Waals surface area (Å²) in [7, 11) is -1.85. The smallest absolute Gasteiger partial charge is 0.410 e. The maximum atomic E-state index is 12.8. The number of likely N-dealkylation sites (tertiary alicyclic amines) is 1. The highest BCUT2D eigenvalue weighted by Gasteiger charge is 2.42. The number of benzene rings is 1. The van der Waals surface area contributed by atoms with Crippen LogP contribution in [0.1, 0.15) is 66.9 Å². The monoisotopic (exact) mass is 497 g/mol. The first-order chi connectivity index (χ1) is 15.1. The van der Waals surface area contributed by atoms with Crippen molar-refractivity contribution < 1.29 is 18.7 Å². The molecule has 1 aromatic carbocycles. The molecule has 1 aliphatic rings. The Morgan fingerprint density at radius 1 is 1.12 bits per heavy atom. The van der Waals surface area contributed by atoms with Crippen LogP contribution in [0.2, 0.25) is 23.2 Å². The molecule has 0 N–H and O–H groups in total. The van der Waals surface area contributed by atoms with Gasteiger partial charge in [-0.25, -0.2) is 4.79 Å². The van der Waals surface area contributed by atoms with Gasteiger partial charge in [0.25, 0.3) is 0 Å². The van der Waals surface area contributed by atoms with E-state index >= 15 is 0 Å². The molecular formula is C26H44ClNO4Si. The quantitative estimate of drug-likeness (QED) is 0.294. The van der Waals surface area contributed by atoms with Crippen molar-refractivity contribution in [1.29, 1.82) is 0 Å². The minimum Gasteiger partial charge on any atom is -0.444 e. The molecule has 1 amide bonds. The molecule has 2 atom stereocenters. The fraction of sp³-hybridized carbons (Fsp3) is 0.731. The highest BCUT2D eigenvalue weighted by molar-refractivity contribution is 6.74. The number of hydrogen-bond donors (Lipinski definition) is 0. The van der Waals surface area contributed by atoms with Gasteiger partial charge in [0.05, 0.1) is 18.8 Å². The van der Waals surface area contributed by atoms with Crippen molar-refractivity contribution in [2.24, 2.45) is 5.92 Å². The van der Waals surface area contributed by atoms with Crippen LogP contribution in [0.15, 0.2) is 24.3 Å². The van der Waals surface area contributed by atoms with Gasteiger partial charge in [0, 0.05) is 24.0 Å². The van der Waals surface area contributed by atoms with Gasteiger partial charge in [-0.1, -0.05) is 44.5 Å². The van der Waals surface area contributed by atoms with Gasteiger partial charge in [-0.15, -0.1) is 0 Å². The lowest BCUT2D eigenvalue weighted by Crippen LogP contribution is -2.49. The molecule has 1 unspecified atom stereocenters. The molecule has 5 nitrogen and oxygen atoms in total. The molecule has 0 aromatic heterocycles. The average Bonchev–Trinajstić information content (AvgIpc) is 2.69. The first kappa shape index (κ1) is 28.2. The topological polar surface area (TPSA) is 48.0 Å². The van der Waals surface area contributed by atoms with E-state index in [0.717, 1.165) is 18.4 Å². The molecule has 188 valence electrons. The Labute approximate surface area is 207 Å². The lowest BCUT2D eigenvalue weighted by Gasteiger charge is -2.44. The number of carbonyl (C=O) groups is 1. The Morgan fingerprint density at radius 3 is 2.36 bits per heavy atom. The molecule has 33 heavy (non-hydrogen) atoms. The van der Waals surface area contributed by atoms with E-state index in [4.69, 9.17) is 25.5 Å². The van der Waals surface area contributed by atoms with Gasteiger partial charge in [0.2, 0.25) is 0 Å². The highest BCUT2D eigenvalue weighted by Crippen LogP contribution is 2.40. The van der Waals surface area contributed by atoms with Gasteiger partial charge in [-0.2, -0.15) is 0 Å². The number of amides is 1. The molecular weight excluding hydrogens is 454 g/mol. The van der Waals surface area contributed by atoms with Crippen LogP contribution in [0.3, 0.4) is 0 Å². The second kappa shape index (κ2) is 10.7. The number of nitrogens with zero attached hydrogens (tertiary/aromatic N) is 1. The third-order valence-corrected chi connectivity index (χ3v) is 11.8. The Balaban J connectivity index is 2.19. The minimum absolute atomic E-state index is 0.116. The van der Waals surface area contributed by atoms with Gasteiger partial charge >= 0.3 is 6.09 Å². The summed E-state index contributed by atoms with van der Waals surface area (Å²) in [5.74, 6) is 0.116. The maximum absolute atomic E-state index is 12.8. The predicted octanol–water partition coefficient (Wildman–Crippen LogP) is 7.24. The molecule has 0 radical (unpaired) electrons. The second-order valence-corrected chi connectivity index (χ2v) is 17.1. The number of rotatable bonds is 7. The molecule has 1 aliphatic heterocycles. The number of carbonyl (C=O) groups excluding carboxylic acids is 1. The fourth-order valence-electron chi connectivity index (χ4n) is 3.92. The Hall–Kier alpha value is -1.08. The van der Waals surface area contributed by atoms with Crippen molar-refractivity contribution >= 4 is 26.0 Å². The Morgan fingerprint density at radius 2 is 1.79 bits per heavy atom. The van der Waals surface area contributed by atoms with E-state index in [9.17, 15) is 4.79 Å². The third kappa shape index (κ3) is 7.71. The van der Waals surface area contributed by atoms with Crippen molar-refractivity contribution in [2.75, 3.05) is 26.3 Å². The molecule has 1 saturated heterocycles. The van der Waals surface area contributed by atoms with E-state index in [1.54, 1.807) is 0 Å². The van der Waals surface area contributed by atoms with E-state index < -0.39 is 19.5 Å². The molecule has 0 saturated carbocycles. The van der Waals surface area contributed by atoms with Crippen molar-refractivity contribution in [2.45, 2.75) is 90.6 Å². The van der Waals surface area contributed by atoms with Crippen LogP contribution < -0.4 is 0 Å². The standard InChI is InChI=1S/C26H44ClNO4Si/c1-24(2,3)32-23(29)28-15-11-13-21(19-28)26(7,20-12-10-14-22(27)18-20)30-16-17-31-33(8,9)25(4,5)6/h10,12,14,18,21H,11,13,15-17,19H2,1-9H3/t21?,26-/m0/s1. The maximum Gasteiger partial charge on any atom is 0.410 e. The molecule has 1 aromatic rings. The molecule has 1 heterocycles. The number of halogens is 1. The highest BCUT2D eigenvalue weighted by atomic mass is 35.5. The zero-order chi connectivity index (χ0) is 25.1. The summed E-state index contributed by atoms with van der Waals surface area (Å²) in [5, 5.41) is 0.834. The lowest BCUT2D eigenvalue weighted by molar-refractivity contribution is -0.105. The summed E-state index contributed by atoms with van der Waals surface area (Å²) < 4.78 is 18.6. The third-order valence-electron chi connectivity index (χ3n) is 7.00. The van der Waals surface area contributed by atoms with Gasteiger partial charge in [-0.05, 0) is 76.4 Å². The Bertz CT molecular complexity index is 802. The molecule has 1 fully saturated rings. The van der Waals surface area contributed by atoms with Crippen molar-refractivity contribution in [3.63, 3.8) is 0 Å². The van der Waals surface area contributed by atoms with Crippen LogP contribution in [-0.4, -0.2) is 51.2 Å². The molecule has 7 heteroatoms. The Kier molecular flexibility index (Phi) is 9.11. The van der Waals surface area contributed by atoms with Gasteiger partial charge in [-0.3, -0.25) is 0 Å². The van der Waals surface area contributed by atoms with E-state index in [1.165, 1.54) is 0 Å². The largest absolute Gasteiger partial charge is 0.444 e. The minimum atomic E-state index is -1.85. The lowest BCUT2D eigenvalue weighted by atomic mass is 9.78. The number of hydrogen-bond acceptors (Lipinski definition) is 4. The fourth-order valence-corrected chi connectivity index (χ4v) is 5.14.